The maximum atomic E-state index is 5.56. The highest BCUT2D eigenvalue weighted by Gasteiger charge is 2.33. The molecule has 21 heavy (non-hydrogen) atoms. The molecule has 2 heterocycles. The normalized spacial score (nSPS) is 18.3. The standard InChI is InChI=1S/C16H29N3O2/c1-14(2)19-8-4-15(18-19)12-16(5-9-21-10-6-16)13-17-7-11-20-3/h4,8,14,17H,5-7,9-13H2,1-3H3. The van der Waals surface area contributed by atoms with Gasteiger partial charge < -0.3 is 14.8 Å². The van der Waals surface area contributed by atoms with Gasteiger partial charge in [0.15, 0.2) is 0 Å². The third-order valence-corrected chi connectivity index (χ3v) is 4.29. The van der Waals surface area contributed by atoms with Gasteiger partial charge in [-0.1, -0.05) is 0 Å². The largest absolute Gasteiger partial charge is 0.383 e. The van der Waals surface area contributed by atoms with E-state index in [4.69, 9.17) is 14.6 Å². The van der Waals surface area contributed by atoms with Gasteiger partial charge in [-0.3, -0.25) is 4.68 Å². The monoisotopic (exact) mass is 295 g/mol. The molecule has 0 spiro atoms. The Morgan fingerprint density at radius 1 is 1.43 bits per heavy atom. The maximum Gasteiger partial charge on any atom is 0.0630 e. The summed E-state index contributed by atoms with van der Waals surface area (Å²) in [5.41, 5.74) is 1.46. The zero-order valence-electron chi connectivity index (χ0n) is 13.6. The molecular weight excluding hydrogens is 266 g/mol. The van der Waals surface area contributed by atoms with Crippen LogP contribution in [0.15, 0.2) is 12.3 Å². The number of rotatable bonds is 8. The molecule has 1 aromatic rings. The lowest BCUT2D eigenvalue weighted by atomic mass is 9.76. The molecule has 120 valence electrons. The van der Waals surface area contributed by atoms with E-state index in [9.17, 15) is 0 Å². The number of aromatic nitrogens is 2. The number of nitrogens with zero attached hydrogens (tertiary/aromatic N) is 2. The van der Waals surface area contributed by atoms with Crippen molar-refractivity contribution >= 4 is 0 Å². The van der Waals surface area contributed by atoms with Crippen LogP contribution in [0.25, 0.3) is 0 Å². The van der Waals surface area contributed by atoms with Gasteiger partial charge in [-0.2, -0.15) is 5.10 Å². The van der Waals surface area contributed by atoms with Crippen LogP contribution in [0.3, 0.4) is 0 Å². The molecule has 5 nitrogen and oxygen atoms in total. The maximum absolute atomic E-state index is 5.56. The van der Waals surface area contributed by atoms with E-state index in [1.165, 1.54) is 5.69 Å². The van der Waals surface area contributed by atoms with E-state index in [1.807, 2.05) is 4.68 Å². The molecule has 0 aromatic carbocycles. The fourth-order valence-electron chi connectivity index (χ4n) is 2.89. The zero-order chi connectivity index (χ0) is 15.1. The molecule has 0 bridgehead atoms. The molecule has 1 aliphatic heterocycles. The summed E-state index contributed by atoms with van der Waals surface area (Å²) < 4.78 is 12.7. The van der Waals surface area contributed by atoms with Crippen molar-refractivity contribution in [1.29, 1.82) is 0 Å². The number of hydrogen-bond acceptors (Lipinski definition) is 4. The lowest BCUT2D eigenvalue weighted by Crippen LogP contribution is -2.41. The number of ether oxygens (including phenoxy) is 2. The Balaban J connectivity index is 1.97. The van der Waals surface area contributed by atoms with Gasteiger partial charge in [-0.05, 0) is 44.6 Å². The molecule has 0 amide bonds. The summed E-state index contributed by atoms with van der Waals surface area (Å²) in [6.07, 6.45) is 5.31. The highest BCUT2D eigenvalue weighted by atomic mass is 16.5. The number of nitrogens with one attached hydrogen (secondary N) is 1. The smallest absolute Gasteiger partial charge is 0.0630 e. The van der Waals surface area contributed by atoms with Crippen molar-refractivity contribution in [2.75, 3.05) is 40.0 Å². The molecule has 0 radical (unpaired) electrons. The molecule has 1 saturated heterocycles. The average Bonchev–Trinajstić information content (AvgIpc) is 2.93. The molecule has 1 aromatic heterocycles. The third-order valence-electron chi connectivity index (χ3n) is 4.29. The third kappa shape index (κ3) is 4.80. The average molecular weight is 295 g/mol. The Morgan fingerprint density at radius 2 is 2.19 bits per heavy atom. The highest BCUT2D eigenvalue weighted by molar-refractivity contribution is 5.05. The topological polar surface area (TPSA) is 48.3 Å². The molecule has 0 saturated carbocycles. The van der Waals surface area contributed by atoms with Gasteiger partial charge >= 0.3 is 0 Å². The van der Waals surface area contributed by atoms with Crippen LogP contribution in [0.4, 0.5) is 0 Å². The van der Waals surface area contributed by atoms with Crippen LogP contribution in [-0.2, 0) is 15.9 Å². The molecule has 0 unspecified atom stereocenters. The lowest BCUT2D eigenvalue weighted by Gasteiger charge is -2.37. The highest BCUT2D eigenvalue weighted by Crippen LogP contribution is 2.33. The van der Waals surface area contributed by atoms with Gasteiger partial charge in [0.25, 0.3) is 0 Å². The van der Waals surface area contributed by atoms with Crippen LogP contribution >= 0.6 is 0 Å². The molecule has 2 rings (SSSR count). The van der Waals surface area contributed by atoms with Crippen LogP contribution in [0.5, 0.6) is 0 Å². The minimum atomic E-state index is 0.266. The Kier molecular flexibility index (Phi) is 6.21. The fourth-order valence-corrected chi connectivity index (χ4v) is 2.89. The van der Waals surface area contributed by atoms with Crippen LogP contribution < -0.4 is 5.32 Å². The van der Waals surface area contributed by atoms with E-state index in [2.05, 4.69) is 31.4 Å². The lowest BCUT2D eigenvalue weighted by molar-refractivity contribution is 0.0138. The summed E-state index contributed by atoms with van der Waals surface area (Å²) in [4.78, 5) is 0. The van der Waals surface area contributed by atoms with Crippen LogP contribution in [-0.4, -0.2) is 49.8 Å². The van der Waals surface area contributed by atoms with Gasteiger partial charge in [0.1, 0.15) is 0 Å². The first-order valence-corrected chi connectivity index (χ1v) is 7.97. The summed E-state index contributed by atoms with van der Waals surface area (Å²) in [5, 5.41) is 8.25. The molecule has 1 N–H and O–H groups in total. The quantitative estimate of drug-likeness (QED) is 0.746. The van der Waals surface area contributed by atoms with E-state index in [1.54, 1.807) is 7.11 Å². The van der Waals surface area contributed by atoms with E-state index in [0.29, 0.717) is 6.04 Å². The Labute approximate surface area is 128 Å². The molecule has 1 fully saturated rings. The summed E-state index contributed by atoms with van der Waals surface area (Å²) >= 11 is 0. The second-order valence-corrected chi connectivity index (χ2v) is 6.34. The Bertz CT molecular complexity index is 411. The van der Waals surface area contributed by atoms with Gasteiger partial charge in [0.2, 0.25) is 0 Å². The molecule has 0 atom stereocenters. The van der Waals surface area contributed by atoms with Gasteiger partial charge in [0, 0.05) is 45.7 Å². The van der Waals surface area contributed by atoms with Crippen molar-refractivity contribution in [2.24, 2.45) is 5.41 Å². The molecular formula is C16H29N3O2. The van der Waals surface area contributed by atoms with Gasteiger partial charge in [-0.15, -0.1) is 0 Å². The second kappa shape index (κ2) is 7.92. The second-order valence-electron chi connectivity index (χ2n) is 6.34. The predicted octanol–water partition coefficient (Wildman–Crippen LogP) is 2.04. The van der Waals surface area contributed by atoms with Crippen molar-refractivity contribution in [2.45, 2.75) is 39.2 Å². The predicted molar refractivity (Wildman–Crippen MR) is 83.5 cm³/mol. The first kappa shape index (κ1) is 16.5. The van der Waals surface area contributed by atoms with Crippen molar-refractivity contribution in [3.8, 4) is 0 Å². The van der Waals surface area contributed by atoms with Crippen molar-refractivity contribution in [3.05, 3.63) is 18.0 Å². The van der Waals surface area contributed by atoms with Crippen LogP contribution in [0, 0.1) is 5.41 Å². The zero-order valence-corrected chi connectivity index (χ0v) is 13.6. The summed E-state index contributed by atoms with van der Waals surface area (Å²) in [6, 6.07) is 2.58. The van der Waals surface area contributed by atoms with E-state index < -0.39 is 0 Å². The van der Waals surface area contributed by atoms with Gasteiger partial charge in [-0.25, -0.2) is 0 Å². The first-order valence-electron chi connectivity index (χ1n) is 7.97. The van der Waals surface area contributed by atoms with Gasteiger partial charge in [0.05, 0.1) is 12.3 Å². The summed E-state index contributed by atoms with van der Waals surface area (Å²) in [7, 11) is 1.74. The van der Waals surface area contributed by atoms with E-state index >= 15 is 0 Å². The number of methoxy groups -OCH3 is 1. The van der Waals surface area contributed by atoms with E-state index in [-0.39, 0.29) is 5.41 Å². The summed E-state index contributed by atoms with van der Waals surface area (Å²) in [6.45, 7) is 8.71. The minimum absolute atomic E-state index is 0.266. The Morgan fingerprint density at radius 3 is 2.81 bits per heavy atom. The van der Waals surface area contributed by atoms with Crippen LogP contribution in [0.2, 0.25) is 0 Å². The van der Waals surface area contributed by atoms with E-state index in [0.717, 1.165) is 52.2 Å². The van der Waals surface area contributed by atoms with Crippen molar-refractivity contribution in [3.63, 3.8) is 0 Å². The van der Waals surface area contributed by atoms with Crippen molar-refractivity contribution < 1.29 is 9.47 Å². The van der Waals surface area contributed by atoms with Crippen molar-refractivity contribution in [1.82, 2.24) is 15.1 Å². The molecule has 0 aliphatic carbocycles. The van der Waals surface area contributed by atoms with Crippen LogP contribution in [0.1, 0.15) is 38.4 Å². The minimum Gasteiger partial charge on any atom is -0.383 e. The molecule has 5 heteroatoms. The number of hydrogen-bond donors (Lipinski definition) is 1. The fraction of sp³-hybridized carbons (Fsp3) is 0.812. The molecule has 1 aliphatic rings. The first-order chi connectivity index (χ1) is 10.2. The Hall–Kier alpha value is -0.910. The summed E-state index contributed by atoms with van der Waals surface area (Å²) in [5.74, 6) is 0. The SMILES string of the molecule is COCCNCC1(Cc2ccn(C(C)C)n2)CCOCC1.